The summed E-state index contributed by atoms with van der Waals surface area (Å²) in [6.07, 6.45) is 1.66. The van der Waals surface area contributed by atoms with Gasteiger partial charge in [0.2, 0.25) is 0 Å². The lowest BCUT2D eigenvalue weighted by atomic mass is 9.99. The molecule has 2 rings (SSSR count). The van der Waals surface area contributed by atoms with Crippen molar-refractivity contribution in [3.05, 3.63) is 35.9 Å². The number of carbonyl (C=O) groups is 1. The van der Waals surface area contributed by atoms with Crippen LogP contribution in [0.5, 0.6) is 0 Å². The van der Waals surface area contributed by atoms with E-state index in [1.54, 1.807) is 0 Å². The van der Waals surface area contributed by atoms with Crippen LogP contribution in [0.2, 0.25) is 0 Å². The molecule has 0 unspecified atom stereocenters. The van der Waals surface area contributed by atoms with Gasteiger partial charge in [-0.2, -0.15) is 0 Å². The fraction of sp³-hybridized carbons (Fsp3) is 0.533. The van der Waals surface area contributed by atoms with E-state index >= 15 is 0 Å². The third-order valence-electron chi connectivity index (χ3n) is 3.74. The molecule has 1 N–H and O–H groups in total. The maximum atomic E-state index is 11.7. The maximum Gasteiger partial charge on any atom is 0.407 e. The minimum Gasteiger partial charge on any atom is -0.445 e. The van der Waals surface area contributed by atoms with Crippen molar-refractivity contribution in [3.63, 3.8) is 0 Å². The first-order valence-corrected chi connectivity index (χ1v) is 6.82. The molecule has 106 valence electrons. The van der Waals surface area contributed by atoms with Gasteiger partial charge in [-0.25, -0.2) is 4.79 Å². The summed E-state index contributed by atoms with van der Waals surface area (Å²) >= 11 is 0. The minimum atomic E-state index is -0.314. The molecular formula is C15H24N2O2. The Kier molecular flexibility index (Phi) is 4.80. The van der Waals surface area contributed by atoms with Gasteiger partial charge in [0.05, 0.1) is 0 Å². The Morgan fingerprint density at radius 2 is 2.21 bits per heavy atom. The molecule has 1 amide bonds. The Bertz CT molecular complexity index is 414. The fourth-order valence-corrected chi connectivity index (χ4v) is 2.35. The average Bonchev–Trinajstić information content (AvgIpc) is 2.42. The molecule has 1 aliphatic rings. The lowest BCUT2D eigenvalue weighted by molar-refractivity contribution is 0.120. The van der Waals surface area contributed by atoms with E-state index in [0.29, 0.717) is 12.6 Å². The molecule has 0 aromatic heterocycles. The van der Waals surface area contributed by atoms with Crippen LogP contribution in [0.3, 0.4) is 0 Å². The van der Waals surface area contributed by atoms with E-state index in [4.69, 9.17) is 4.74 Å². The van der Waals surface area contributed by atoms with Crippen LogP contribution in [0.1, 0.15) is 26.8 Å². The smallest absolute Gasteiger partial charge is 0.407 e. The van der Waals surface area contributed by atoms with Crippen LogP contribution in [0.25, 0.3) is 0 Å². The number of piperidine rings is 1. The van der Waals surface area contributed by atoms with Gasteiger partial charge in [0.15, 0.2) is 0 Å². The predicted octanol–water partition coefficient (Wildman–Crippen LogP) is 2.64. The van der Waals surface area contributed by atoms with Crippen LogP contribution >= 0.6 is 0 Å². The van der Waals surface area contributed by atoms with Crippen molar-refractivity contribution in [1.82, 2.24) is 10.2 Å². The summed E-state index contributed by atoms with van der Waals surface area (Å²) in [4.78, 5) is 14.0. The van der Waals surface area contributed by atoms with Gasteiger partial charge in [-0.05, 0) is 32.4 Å². The second kappa shape index (κ2) is 6.57. The van der Waals surface area contributed by atoms with Gasteiger partial charge in [0, 0.05) is 20.1 Å². The Balaban J connectivity index is 0.00000200. The summed E-state index contributed by atoms with van der Waals surface area (Å²) in [6.45, 7) is 3.53. The number of nitrogens with zero attached hydrogens (tertiary/aromatic N) is 1. The lowest BCUT2D eigenvalue weighted by Gasteiger charge is -2.35. The summed E-state index contributed by atoms with van der Waals surface area (Å²) in [5, 5.41) is 2.95. The largest absolute Gasteiger partial charge is 0.445 e. The van der Waals surface area contributed by atoms with Crippen LogP contribution < -0.4 is 5.32 Å². The molecule has 0 radical (unpaired) electrons. The van der Waals surface area contributed by atoms with Gasteiger partial charge in [0.25, 0.3) is 0 Å². The molecule has 0 spiro atoms. The quantitative estimate of drug-likeness (QED) is 0.912. The highest BCUT2D eigenvalue weighted by atomic mass is 16.5. The monoisotopic (exact) mass is 264 g/mol. The number of likely N-dealkylation sites (tertiary alicyclic amines) is 1. The van der Waals surface area contributed by atoms with E-state index in [-0.39, 0.29) is 13.6 Å². The Labute approximate surface area is 116 Å². The number of hydrogen-bond donors (Lipinski definition) is 1. The van der Waals surface area contributed by atoms with Gasteiger partial charge in [-0.1, -0.05) is 30.3 Å². The molecule has 0 saturated carbocycles. The van der Waals surface area contributed by atoms with Crippen LogP contribution in [-0.4, -0.2) is 36.7 Å². The zero-order valence-corrected chi connectivity index (χ0v) is 11.6. The van der Waals surface area contributed by atoms with Gasteiger partial charge in [-0.15, -0.1) is 0 Å². The fourth-order valence-electron chi connectivity index (χ4n) is 2.35. The maximum absolute atomic E-state index is 11.7. The molecule has 0 bridgehead atoms. The van der Waals surface area contributed by atoms with Gasteiger partial charge in [-0.3, -0.25) is 0 Å². The van der Waals surface area contributed by atoms with Crippen molar-refractivity contribution in [3.8, 4) is 0 Å². The molecule has 4 heteroatoms. The molecule has 0 aliphatic carbocycles. The van der Waals surface area contributed by atoms with E-state index in [2.05, 4.69) is 24.2 Å². The van der Waals surface area contributed by atoms with E-state index in [1.807, 2.05) is 30.3 Å². The standard InChI is InChI=1S/C15H22N2O2.H2/c1-12-10-14(8-9-17(12)2)16-15(18)19-11-13-6-4-3-5-7-13;/h3-7,12,14H,8-11H2,1-2H3,(H,16,18);1H/t12-,14+;/m0./s1. The van der Waals surface area contributed by atoms with Crippen LogP contribution in [0.15, 0.2) is 30.3 Å². The number of ether oxygens (including phenoxy) is 1. The molecule has 2 atom stereocenters. The lowest BCUT2D eigenvalue weighted by Crippen LogP contribution is -2.47. The molecule has 1 aromatic carbocycles. The zero-order chi connectivity index (χ0) is 13.7. The highest BCUT2D eigenvalue weighted by Gasteiger charge is 2.24. The number of rotatable bonds is 3. The molecule has 1 fully saturated rings. The SMILES string of the molecule is C[C@H]1C[C@H](NC(=O)OCc2ccccc2)CCN1C.[HH]. The third-order valence-corrected chi connectivity index (χ3v) is 3.74. The highest BCUT2D eigenvalue weighted by molar-refractivity contribution is 5.67. The van der Waals surface area contributed by atoms with Gasteiger partial charge < -0.3 is 15.0 Å². The number of nitrogens with one attached hydrogen (secondary N) is 1. The number of amides is 1. The predicted molar refractivity (Wildman–Crippen MR) is 77.0 cm³/mol. The van der Waals surface area contributed by atoms with Crippen molar-refractivity contribution < 1.29 is 11.0 Å². The molecule has 4 nitrogen and oxygen atoms in total. The van der Waals surface area contributed by atoms with Crippen molar-refractivity contribution in [2.45, 2.75) is 38.5 Å². The van der Waals surface area contributed by atoms with E-state index < -0.39 is 0 Å². The normalized spacial score (nSPS) is 23.9. The highest BCUT2D eigenvalue weighted by Crippen LogP contribution is 2.15. The Morgan fingerprint density at radius 1 is 1.47 bits per heavy atom. The second-order valence-electron chi connectivity index (χ2n) is 5.26. The van der Waals surface area contributed by atoms with Crippen molar-refractivity contribution in [2.75, 3.05) is 13.6 Å². The molecule has 19 heavy (non-hydrogen) atoms. The molecule has 1 heterocycles. The first kappa shape index (κ1) is 13.9. The molecule has 1 aromatic rings. The van der Waals surface area contributed by atoms with Gasteiger partial charge in [0.1, 0.15) is 6.61 Å². The zero-order valence-electron chi connectivity index (χ0n) is 11.6. The van der Waals surface area contributed by atoms with E-state index in [9.17, 15) is 4.79 Å². The van der Waals surface area contributed by atoms with E-state index in [1.165, 1.54) is 0 Å². The number of hydrogen-bond acceptors (Lipinski definition) is 3. The van der Waals surface area contributed by atoms with Crippen molar-refractivity contribution in [2.24, 2.45) is 0 Å². The summed E-state index contributed by atoms with van der Waals surface area (Å²) < 4.78 is 5.23. The average molecular weight is 264 g/mol. The van der Waals surface area contributed by atoms with Gasteiger partial charge >= 0.3 is 6.09 Å². The topological polar surface area (TPSA) is 41.6 Å². The first-order valence-electron chi connectivity index (χ1n) is 6.82. The number of benzene rings is 1. The van der Waals surface area contributed by atoms with Crippen LogP contribution in [-0.2, 0) is 11.3 Å². The van der Waals surface area contributed by atoms with Crippen LogP contribution in [0, 0.1) is 0 Å². The summed E-state index contributed by atoms with van der Waals surface area (Å²) in [5.74, 6) is 0. The second-order valence-corrected chi connectivity index (χ2v) is 5.26. The Morgan fingerprint density at radius 3 is 2.89 bits per heavy atom. The Hall–Kier alpha value is -1.55. The summed E-state index contributed by atoms with van der Waals surface area (Å²) in [6, 6.07) is 10.5. The number of alkyl carbamates (subject to hydrolysis) is 1. The summed E-state index contributed by atoms with van der Waals surface area (Å²) in [5.41, 5.74) is 1.01. The molecule has 1 saturated heterocycles. The van der Waals surface area contributed by atoms with Crippen molar-refractivity contribution in [1.29, 1.82) is 0 Å². The molecule has 1 aliphatic heterocycles. The van der Waals surface area contributed by atoms with E-state index in [0.717, 1.165) is 24.9 Å². The minimum absolute atomic E-state index is 0. The summed E-state index contributed by atoms with van der Waals surface area (Å²) in [7, 11) is 2.12. The van der Waals surface area contributed by atoms with Crippen LogP contribution in [0.4, 0.5) is 4.79 Å². The third kappa shape index (κ3) is 4.24. The first-order chi connectivity index (χ1) is 9.15. The van der Waals surface area contributed by atoms with Crippen molar-refractivity contribution >= 4 is 6.09 Å². The number of carbonyl (C=O) groups excluding carboxylic acids is 1. The molecular weight excluding hydrogens is 240 g/mol.